The fraction of sp³-hybridized carbons (Fsp3) is 0.500. The molecule has 0 spiro atoms. The van der Waals surface area contributed by atoms with Crippen molar-refractivity contribution in [2.75, 3.05) is 18.1 Å². The van der Waals surface area contributed by atoms with Gasteiger partial charge in [0.2, 0.25) is 5.91 Å². The van der Waals surface area contributed by atoms with Crippen LogP contribution in [-0.4, -0.2) is 34.1 Å². The van der Waals surface area contributed by atoms with Crippen molar-refractivity contribution in [3.05, 3.63) is 41.7 Å². The molecule has 1 atom stereocenters. The molecule has 2 aromatic rings. The Balaban J connectivity index is 1.66. The van der Waals surface area contributed by atoms with Crippen LogP contribution in [0.15, 0.2) is 30.5 Å². The lowest BCUT2D eigenvalue weighted by Gasteiger charge is -2.31. The van der Waals surface area contributed by atoms with Gasteiger partial charge in [0.05, 0.1) is 25.0 Å². The number of anilines is 1. The minimum atomic E-state index is -0.00983. The molecule has 6 heteroatoms. The minimum Gasteiger partial charge on any atom is -0.381 e. The summed E-state index contributed by atoms with van der Waals surface area (Å²) in [5.41, 5.74) is 3.07. The van der Waals surface area contributed by atoms with E-state index >= 15 is 0 Å². The van der Waals surface area contributed by atoms with Gasteiger partial charge in [-0.2, -0.15) is 0 Å². The molecule has 0 radical (unpaired) electrons. The second-order valence-electron chi connectivity index (χ2n) is 6.67. The van der Waals surface area contributed by atoms with E-state index < -0.39 is 0 Å². The lowest BCUT2D eigenvalue weighted by molar-refractivity contribution is -0.124. The second kappa shape index (κ2) is 6.36. The molecule has 126 valence electrons. The highest BCUT2D eigenvalue weighted by Crippen LogP contribution is 2.31. The first-order valence-corrected chi connectivity index (χ1v) is 8.58. The van der Waals surface area contributed by atoms with Crippen LogP contribution >= 0.6 is 0 Å². The van der Waals surface area contributed by atoms with Gasteiger partial charge in [-0.15, -0.1) is 5.10 Å². The van der Waals surface area contributed by atoms with E-state index in [0.29, 0.717) is 19.0 Å². The van der Waals surface area contributed by atoms with E-state index in [1.165, 1.54) is 0 Å². The first kappa shape index (κ1) is 15.3. The normalized spacial score (nSPS) is 19.3. The summed E-state index contributed by atoms with van der Waals surface area (Å²) in [6.07, 6.45) is 3.68. The standard InChI is InChI=1S/C18H22N4O2/c1-13(14-6-8-24-9-7-14)18(23)21-12-16-10-19-20-22(16)11-15-4-2-3-5-17(15)21/h2-5,10,13-14H,6-9,11-12H2,1H3. The van der Waals surface area contributed by atoms with Crippen molar-refractivity contribution in [2.24, 2.45) is 11.8 Å². The highest BCUT2D eigenvalue weighted by molar-refractivity contribution is 5.95. The molecule has 4 rings (SSSR count). The number of carbonyl (C=O) groups is 1. The third-order valence-corrected chi connectivity index (χ3v) is 5.25. The van der Waals surface area contributed by atoms with Crippen LogP contribution in [0.1, 0.15) is 31.0 Å². The predicted octanol–water partition coefficient (Wildman–Crippen LogP) is 2.24. The molecule has 1 aromatic heterocycles. The largest absolute Gasteiger partial charge is 0.381 e. The monoisotopic (exact) mass is 326 g/mol. The fourth-order valence-corrected chi connectivity index (χ4v) is 3.71. The molecule has 1 amide bonds. The Bertz CT molecular complexity index is 736. The van der Waals surface area contributed by atoms with Crippen molar-refractivity contribution in [1.29, 1.82) is 0 Å². The number of nitrogens with zero attached hydrogens (tertiary/aromatic N) is 4. The average Bonchev–Trinajstić information content (AvgIpc) is 3.00. The maximum Gasteiger partial charge on any atom is 0.230 e. The molecule has 2 aliphatic heterocycles. The first-order valence-electron chi connectivity index (χ1n) is 8.58. The van der Waals surface area contributed by atoms with Gasteiger partial charge in [0, 0.05) is 24.8 Å². The number of hydrogen-bond donors (Lipinski definition) is 0. The summed E-state index contributed by atoms with van der Waals surface area (Å²) < 4.78 is 7.32. The number of amides is 1. The third-order valence-electron chi connectivity index (χ3n) is 5.25. The average molecular weight is 326 g/mol. The van der Waals surface area contributed by atoms with E-state index in [-0.39, 0.29) is 11.8 Å². The number of rotatable bonds is 2. The van der Waals surface area contributed by atoms with Gasteiger partial charge < -0.3 is 9.64 Å². The first-order chi connectivity index (χ1) is 11.7. The number of hydrogen-bond acceptors (Lipinski definition) is 4. The van der Waals surface area contributed by atoms with Crippen LogP contribution in [0, 0.1) is 11.8 Å². The van der Waals surface area contributed by atoms with Gasteiger partial charge in [-0.05, 0) is 30.4 Å². The molecule has 1 unspecified atom stereocenters. The van der Waals surface area contributed by atoms with E-state index in [2.05, 4.69) is 23.3 Å². The van der Waals surface area contributed by atoms with E-state index in [0.717, 1.165) is 43.0 Å². The molecule has 1 fully saturated rings. The number of ether oxygens (including phenoxy) is 1. The van der Waals surface area contributed by atoms with E-state index in [1.807, 2.05) is 27.8 Å². The smallest absolute Gasteiger partial charge is 0.230 e. The van der Waals surface area contributed by atoms with Crippen LogP contribution in [0.2, 0.25) is 0 Å². The van der Waals surface area contributed by atoms with Gasteiger partial charge in [0.1, 0.15) is 0 Å². The fourth-order valence-electron chi connectivity index (χ4n) is 3.71. The molecule has 0 saturated carbocycles. The van der Waals surface area contributed by atoms with Crippen LogP contribution in [0.4, 0.5) is 5.69 Å². The van der Waals surface area contributed by atoms with Gasteiger partial charge in [-0.1, -0.05) is 30.3 Å². The van der Waals surface area contributed by atoms with Crippen LogP contribution in [-0.2, 0) is 22.6 Å². The van der Waals surface area contributed by atoms with E-state index in [4.69, 9.17) is 4.74 Å². The van der Waals surface area contributed by atoms with Gasteiger partial charge >= 0.3 is 0 Å². The number of aromatic nitrogens is 3. The number of fused-ring (bicyclic) bond motifs is 2. The summed E-state index contributed by atoms with van der Waals surface area (Å²) in [5.74, 6) is 0.568. The van der Waals surface area contributed by atoms with Gasteiger partial charge in [-0.25, -0.2) is 4.68 Å². The molecule has 3 heterocycles. The molecule has 2 aliphatic rings. The summed E-state index contributed by atoms with van der Waals surface area (Å²) in [7, 11) is 0. The molecular formula is C18H22N4O2. The number of carbonyl (C=O) groups excluding carboxylic acids is 1. The number of para-hydroxylation sites is 1. The van der Waals surface area contributed by atoms with Crippen molar-refractivity contribution in [3.8, 4) is 0 Å². The molecule has 24 heavy (non-hydrogen) atoms. The number of benzene rings is 1. The molecule has 1 saturated heterocycles. The summed E-state index contributed by atoms with van der Waals surface area (Å²) in [5, 5.41) is 8.16. The van der Waals surface area contributed by atoms with Crippen molar-refractivity contribution < 1.29 is 9.53 Å². The molecular weight excluding hydrogens is 304 g/mol. The van der Waals surface area contributed by atoms with Crippen molar-refractivity contribution in [3.63, 3.8) is 0 Å². The van der Waals surface area contributed by atoms with Crippen LogP contribution < -0.4 is 4.90 Å². The maximum absolute atomic E-state index is 13.3. The Hall–Kier alpha value is -2.21. The zero-order valence-corrected chi connectivity index (χ0v) is 13.9. The van der Waals surface area contributed by atoms with Crippen molar-refractivity contribution >= 4 is 11.6 Å². The summed E-state index contributed by atoms with van der Waals surface area (Å²) >= 11 is 0. The summed E-state index contributed by atoms with van der Waals surface area (Å²) in [4.78, 5) is 15.2. The Kier molecular flexibility index (Phi) is 4.06. The van der Waals surface area contributed by atoms with Crippen molar-refractivity contribution in [1.82, 2.24) is 15.0 Å². The Morgan fingerprint density at radius 3 is 2.88 bits per heavy atom. The highest BCUT2D eigenvalue weighted by Gasteiger charge is 2.32. The lowest BCUT2D eigenvalue weighted by atomic mass is 9.86. The predicted molar refractivity (Wildman–Crippen MR) is 89.5 cm³/mol. The second-order valence-corrected chi connectivity index (χ2v) is 6.67. The van der Waals surface area contributed by atoms with Crippen molar-refractivity contribution in [2.45, 2.75) is 32.9 Å². The molecule has 0 aliphatic carbocycles. The SMILES string of the molecule is CC(C(=O)N1Cc2cnnn2Cc2ccccc21)C1CCOCC1. The van der Waals surface area contributed by atoms with Gasteiger partial charge in [0.15, 0.2) is 0 Å². The van der Waals surface area contributed by atoms with E-state index in [1.54, 1.807) is 6.20 Å². The Labute approximate surface area is 141 Å². The Morgan fingerprint density at radius 2 is 2.04 bits per heavy atom. The summed E-state index contributed by atoms with van der Waals surface area (Å²) in [6, 6.07) is 8.09. The van der Waals surface area contributed by atoms with E-state index in [9.17, 15) is 4.79 Å². The minimum absolute atomic E-state index is 0.00983. The molecule has 0 N–H and O–H groups in total. The maximum atomic E-state index is 13.3. The quantitative estimate of drug-likeness (QED) is 0.849. The third kappa shape index (κ3) is 2.71. The summed E-state index contributed by atoms with van der Waals surface area (Å²) in [6.45, 7) is 4.75. The van der Waals surface area contributed by atoms with Crippen LogP contribution in [0.25, 0.3) is 0 Å². The van der Waals surface area contributed by atoms with Gasteiger partial charge in [-0.3, -0.25) is 4.79 Å². The zero-order chi connectivity index (χ0) is 16.5. The highest BCUT2D eigenvalue weighted by atomic mass is 16.5. The molecule has 0 bridgehead atoms. The van der Waals surface area contributed by atoms with Crippen LogP contribution in [0.3, 0.4) is 0 Å². The lowest BCUT2D eigenvalue weighted by Crippen LogP contribution is -2.39. The molecule has 1 aromatic carbocycles. The topological polar surface area (TPSA) is 60.2 Å². The van der Waals surface area contributed by atoms with Gasteiger partial charge in [0.25, 0.3) is 0 Å². The zero-order valence-electron chi connectivity index (χ0n) is 13.9. The Morgan fingerprint density at radius 1 is 1.25 bits per heavy atom. The molecule has 6 nitrogen and oxygen atoms in total. The van der Waals surface area contributed by atoms with Crippen LogP contribution in [0.5, 0.6) is 0 Å².